The Morgan fingerprint density at radius 3 is 2.50 bits per heavy atom. The second kappa shape index (κ2) is 5.62. The Hall–Kier alpha value is -1.89. The highest BCUT2D eigenvalue weighted by molar-refractivity contribution is 5.36. The molecule has 0 saturated carbocycles. The van der Waals surface area contributed by atoms with Gasteiger partial charge in [-0.25, -0.2) is 17.9 Å². The van der Waals surface area contributed by atoms with Crippen LogP contribution in [0.25, 0.3) is 5.69 Å². The zero-order chi connectivity index (χ0) is 14.9. The summed E-state index contributed by atoms with van der Waals surface area (Å²) in [5, 5.41) is 10.9. The van der Waals surface area contributed by atoms with Gasteiger partial charge in [-0.1, -0.05) is 12.1 Å². The number of aromatic nitrogens is 3. The Morgan fingerprint density at radius 2 is 1.85 bits per heavy atom. The van der Waals surface area contributed by atoms with E-state index in [1.165, 1.54) is 4.68 Å². The summed E-state index contributed by atoms with van der Waals surface area (Å²) in [7, 11) is 0. The number of benzene rings is 1. The third-order valence-electron chi connectivity index (χ3n) is 3.07. The molecule has 0 aliphatic rings. The maximum absolute atomic E-state index is 13.7. The van der Waals surface area contributed by atoms with Gasteiger partial charge in [-0.2, -0.15) is 0 Å². The minimum absolute atomic E-state index is 0.0675. The lowest BCUT2D eigenvalue weighted by atomic mass is 10.2. The monoisotopic (exact) mass is 284 g/mol. The first-order valence-electron chi connectivity index (χ1n) is 6.26. The van der Waals surface area contributed by atoms with Crippen LogP contribution < -0.4 is 5.32 Å². The average molecular weight is 284 g/mol. The zero-order valence-electron chi connectivity index (χ0n) is 11.4. The standard InChI is InChI=1S/C13H15F3N4/c1-4-17-7(2)13-8(3)20(19-18-13)12-6-10(15)9(14)5-11(12)16/h5-7,17H,4H2,1-3H3. The van der Waals surface area contributed by atoms with E-state index in [2.05, 4.69) is 15.6 Å². The Labute approximate surface area is 114 Å². The van der Waals surface area contributed by atoms with Gasteiger partial charge < -0.3 is 5.32 Å². The lowest BCUT2D eigenvalue weighted by molar-refractivity contribution is 0.490. The molecule has 0 aliphatic heterocycles. The summed E-state index contributed by atoms with van der Waals surface area (Å²) in [5.41, 5.74) is 1.04. The fourth-order valence-electron chi connectivity index (χ4n) is 2.05. The van der Waals surface area contributed by atoms with Crippen LogP contribution in [-0.2, 0) is 0 Å². The van der Waals surface area contributed by atoms with Crippen molar-refractivity contribution >= 4 is 0 Å². The van der Waals surface area contributed by atoms with E-state index in [-0.39, 0.29) is 11.7 Å². The normalized spacial score (nSPS) is 12.7. The van der Waals surface area contributed by atoms with E-state index in [0.717, 1.165) is 12.6 Å². The first-order valence-corrected chi connectivity index (χ1v) is 6.26. The van der Waals surface area contributed by atoms with Crippen molar-refractivity contribution in [2.45, 2.75) is 26.8 Å². The minimum Gasteiger partial charge on any atom is -0.309 e. The van der Waals surface area contributed by atoms with E-state index < -0.39 is 17.5 Å². The summed E-state index contributed by atoms with van der Waals surface area (Å²) in [4.78, 5) is 0. The van der Waals surface area contributed by atoms with E-state index >= 15 is 0 Å². The predicted molar refractivity (Wildman–Crippen MR) is 68.1 cm³/mol. The molecule has 20 heavy (non-hydrogen) atoms. The molecule has 1 unspecified atom stereocenters. The molecule has 108 valence electrons. The van der Waals surface area contributed by atoms with Crippen molar-refractivity contribution in [3.8, 4) is 5.69 Å². The Morgan fingerprint density at radius 1 is 1.20 bits per heavy atom. The van der Waals surface area contributed by atoms with Crippen molar-refractivity contribution in [2.24, 2.45) is 0 Å². The molecule has 1 aromatic carbocycles. The van der Waals surface area contributed by atoms with Gasteiger partial charge in [0, 0.05) is 12.1 Å². The molecule has 7 heteroatoms. The average Bonchev–Trinajstić information content (AvgIpc) is 2.76. The topological polar surface area (TPSA) is 42.7 Å². The van der Waals surface area contributed by atoms with Crippen molar-refractivity contribution in [1.82, 2.24) is 20.3 Å². The van der Waals surface area contributed by atoms with Gasteiger partial charge in [-0.05, 0) is 20.4 Å². The fourth-order valence-corrected chi connectivity index (χ4v) is 2.05. The molecular weight excluding hydrogens is 269 g/mol. The summed E-state index contributed by atoms with van der Waals surface area (Å²) in [6.45, 7) is 6.29. The molecule has 2 aromatic rings. The summed E-state index contributed by atoms with van der Waals surface area (Å²) in [6, 6.07) is 1.20. The number of nitrogens with one attached hydrogen (secondary N) is 1. The van der Waals surface area contributed by atoms with Crippen molar-refractivity contribution in [3.63, 3.8) is 0 Å². The molecule has 0 aliphatic carbocycles. The second-order valence-electron chi connectivity index (χ2n) is 4.47. The summed E-state index contributed by atoms with van der Waals surface area (Å²) < 4.78 is 41.1. The van der Waals surface area contributed by atoms with Gasteiger partial charge in [0.2, 0.25) is 0 Å². The van der Waals surface area contributed by atoms with Gasteiger partial charge in [-0.15, -0.1) is 5.10 Å². The van der Waals surface area contributed by atoms with Crippen LogP contribution in [0.4, 0.5) is 13.2 Å². The van der Waals surface area contributed by atoms with Gasteiger partial charge in [0.25, 0.3) is 0 Å². The van der Waals surface area contributed by atoms with Gasteiger partial charge in [0.1, 0.15) is 11.4 Å². The number of halogens is 3. The van der Waals surface area contributed by atoms with Gasteiger partial charge >= 0.3 is 0 Å². The van der Waals surface area contributed by atoms with Crippen molar-refractivity contribution in [2.75, 3.05) is 6.54 Å². The minimum atomic E-state index is -1.23. The van der Waals surface area contributed by atoms with Crippen LogP contribution in [0, 0.1) is 24.4 Å². The van der Waals surface area contributed by atoms with Gasteiger partial charge in [0.15, 0.2) is 17.5 Å². The van der Waals surface area contributed by atoms with Gasteiger partial charge in [0.05, 0.1) is 11.7 Å². The van der Waals surface area contributed by atoms with E-state index in [1.54, 1.807) is 6.92 Å². The molecule has 1 heterocycles. The largest absolute Gasteiger partial charge is 0.309 e. The molecule has 0 amide bonds. The maximum atomic E-state index is 13.7. The summed E-state index contributed by atoms with van der Waals surface area (Å²) >= 11 is 0. The molecule has 1 atom stereocenters. The lowest BCUT2D eigenvalue weighted by Crippen LogP contribution is -2.19. The van der Waals surface area contributed by atoms with Gasteiger partial charge in [-0.3, -0.25) is 0 Å². The van der Waals surface area contributed by atoms with Crippen LogP contribution in [0.5, 0.6) is 0 Å². The summed E-state index contributed by atoms with van der Waals surface area (Å²) in [6.07, 6.45) is 0. The first-order chi connectivity index (χ1) is 9.45. The molecule has 1 N–H and O–H groups in total. The van der Waals surface area contributed by atoms with Crippen LogP contribution >= 0.6 is 0 Å². The summed E-state index contributed by atoms with van der Waals surface area (Å²) in [5.74, 6) is -3.25. The molecule has 1 aromatic heterocycles. The number of nitrogens with zero attached hydrogens (tertiary/aromatic N) is 3. The third-order valence-corrected chi connectivity index (χ3v) is 3.07. The van der Waals surface area contributed by atoms with Crippen molar-refractivity contribution in [3.05, 3.63) is 41.0 Å². The SMILES string of the molecule is CCNC(C)c1nnn(-c2cc(F)c(F)cc2F)c1C. The highest BCUT2D eigenvalue weighted by Gasteiger charge is 2.19. The van der Waals surface area contributed by atoms with Crippen LogP contribution in [0.3, 0.4) is 0 Å². The molecule has 0 radical (unpaired) electrons. The van der Waals surface area contributed by atoms with E-state index in [1.807, 2.05) is 13.8 Å². The quantitative estimate of drug-likeness (QED) is 0.878. The zero-order valence-corrected chi connectivity index (χ0v) is 11.4. The van der Waals surface area contributed by atoms with Crippen LogP contribution in [0.2, 0.25) is 0 Å². The van der Waals surface area contributed by atoms with E-state index in [4.69, 9.17) is 0 Å². The van der Waals surface area contributed by atoms with Crippen LogP contribution in [-0.4, -0.2) is 21.5 Å². The molecule has 4 nitrogen and oxygen atoms in total. The predicted octanol–water partition coefficient (Wildman–Crippen LogP) is 2.66. The number of hydrogen-bond acceptors (Lipinski definition) is 3. The highest BCUT2D eigenvalue weighted by Crippen LogP contribution is 2.21. The van der Waals surface area contributed by atoms with E-state index in [9.17, 15) is 13.2 Å². The van der Waals surface area contributed by atoms with Crippen molar-refractivity contribution in [1.29, 1.82) is 0 Å². The van der Waals surface area contributed by atoms with E-state index in [0.29, 0.717) is 17.5 Å². The molecule has 0 fully saturated rings. The number of hydrogen-bond donors (Lipinski definition) is 1. The maximum Gasteiger partial charge on any atom is 0.161 e. The highest BCUT2D eigenvalue weighted by atomic mass is 19.2. The second-order valence-corrected chi connectivity index (χ2v) is 4.47. The first kappa shape index (κ1) is 14.5. The Bertz CT molecular complexity index is 624. The van der Waals surface area contributed by atoms with Crippen molar-refractivity contribution < 1.29 is 13.2 Å². The lowest BCUT2D eigenvalue weighted by Gasteiger charge is -2.10. The molecule has 0 saturated heterocycles. The molecular formula is C13H15F3N4. The van der Waals surface area contributed by atoms with Crippen LogP contribution in [0.15, 0.2) is 12.1 Å². The smallest absolute Gasteiger partial charge is 0.161 e. The fraction of sp³-hybridized carbons (Fsp3) is 0.385. The molecule has 0 spiro atoms. The third kappa shape index (κ3) is 2.53. The Kier molecular flexibility index (Phi) is 4.08. The molecule has 2 rings (SSSR count). The Balaban J connectivity index is 2.47. The molecule has 0 bridgehead atoms. The van der Waals surface area contributed by atoms with Crippen LogP contribution in [0.1, 0.15) is 31.3 Å². The number of rotatable bonds is 4.